The van der Waals surface area contributed by atoms with Crippen LogP contribution in [0.1, 0.15) is 24.0 Å². The molecular weight excluding hydrogens is 344 g/mol. The van der Waals surface area contributed by atoms with Crippen molar-refractivity contribution in [2.24, 2.45) is 4.99 Å². The van der Waals surface area contributed by atoms with Crippen LogP contribution in [0.15, 0.2) is 46.1 Å². The van der Waals surface area contributed by atoms with Gasteiger partial charge >= 0.3 is 0 Å². The van der Waals surface area contributed by atoms with Crippen LogP contribution in [-0.4, -0.2) is 51.7 Å². The van der Waals surface area contributed by atoms with Crippen LogP contribution in [0.4, 0.5) is 0 Å². The highest BCUT2D eigenvalue weighted by Crippen LogP contribution is 2.17. The van der Waals surface area contributed by atoms with Gasteiger partial charge in [0.05, 0.1) is 0 Å². The Morgan fingerprint density at radius 1 is 1.27 bits per heavy atom. The molecule has 1 aromatic heterocycles. The number of aliphatic imine (C=N–C) groups is 1. The number of guanidine groups is 1. The van der Waals surface area contributed by atoms with Crippen LogP contribution in [0.2, 0.25) is 0 Å². The second-order valence-electron chi connectivity index (χ2n) is 6.56. The molecule has 0 saturated carbocycles. The van der Waals surface area contributed by atoms with E-state index < -0.39 is 0 Å². The van der Waals surface area contributed by atoms with Gasteiger partial charge in [-0.25, -0.2) is 0 Å². The smallest absolute Gasteiger partial charge is 0.191 e. The first kappa shape index (κ1) is 20.3. The molecule has 1 heterocycles. The molecule has 2 rings (SSSR count). The molecule has 0 radical (unpaired) electrons. The van der Waals surface area contributed by atoms with Crippen LogP contribution in [0.25, 0.3) is 0 Å². The Balaban J connectivity index is 1.78. The summed E-state index contributed by atoms with van der Waals surface area (Å²) in [4.78, 5) is 6.42. The minimum Gasteiger partial charge on any atom is -0.492 e. The van der Waals surface area contributed by atoms with Crippen molar-refractivity contribution in [1.29, 1.82) is 0 Å². The molecule has 6 heteroatoms. The summed E-state index contributed by atoms with van der Waals surface area (Å²) in [5, 5.41) is 11.1. The topological polar surface area (TPSA) is 48.9 Å². The summed E-state index contributed by atoms with van der Waals surface area (Å²) in [6.45, 7) is 5.37. The number of nitrogens with one attached hydrogen (secondary N) is 2. The monoisotopic (exact) mass is 374 g/mol. The summed E-state index contributed by atoms with van der Waals surface area (Å²) in [6, 6.07) is 10.4. The Morgan fingerprint density at radius 2 is 2.12 bits per heavy atom. The standard InChI is InChI=1S/C20H30N4OS/c1-16(18-8-11-26-15-18)13-22-20(21-2)23-14-17-6-5-7-19(12-17)25-10-9-24(3)4/h5-8,11-12,15-16H,9-10,13-14H2,1-4H3,(H2,21,22,23). The molecule has 0 aliphatic carbocycles. The first-order chi connectivity index (χ1) is 12.6. The zero-order valence-electron chi connectivity index (χ0n) is 16.2. The van der Waals surface area contributed by atoms with Crippen LogP contribution >= 0.6 is 11.3 Å². The van der Waals surface area contributed by atoms with E-state index in [-0.39, 0.29) is 0 Å². The number of hydrogen-bond donors (Lipinski definition) is 2. The predicted molar refractivity (Wildman–Crippen MR) is 111 cm³/mol. The molecule has 1 atom stereocenters. The van der Waals surface area contributed by atoms with Gasteiger partial charge in [0.1, 0.15) is 12.4 Å². The number of likely N-dealkylation sites (N-methyl/N-ethyl adjacent to an activating group) is 1. The minimum absolute atomic E-state index is 0.452. The van der Waals surface area contributed by atoms with Crippen molar-refractivity contribution in [2.45, 2.75) is 19.4 Å². The van der Waals surface area contributed by atoms with Crippen molar-refractivity contribution < 1.29 is 4.74 Å². The average molecular weight is 375 g/mol. The number of ether oxygens (including phenoxy) is 1. The molecule has 0 spiro atoms. The van der Waals surface area contributed by atoms with Crippen molar-refractivity contribution >= 4 is 17.3 Å². The number of rotatable bonds is 9. The fourth-order valence-electron chi connectivity index (χ4n) is 2.42. The first-order valence-electron chi connectivity index (χ1n) is 8.91. The lowest BCUT2D eigenvalue weighted by atomic mass is 10.1. The van der Waals surface area contributed by atoms with E-state index in [1.165, 1.54) is 11.1 Å². The van der Waals surface area contributed by atoms with Gasteiger partial charge in [-0.3, -0.25) is 4.99 Å². The molecule has 2 N–H and O–H groups in total. The largest absolute Gasteiger partial charge is 0.492 e. The van der Waals surface area contributed by atoms with Crippen molar-refractivity contribution in [3.8, 4) is 5.75 Å². The predicted octanol–water partition coefficient (Wildman–Crippen LogP) is 3.16. The summed E-state index contributed by atoms with van der Waals surface area (Å²) < 4.78 is 5.80. The van der Waals surface area contributed by atoms with Gasteiger partial charge in [-0.05, 0) is 60.1 Å². The van der Waals surface area contributed by atoms with Gasteiger partial charge in [0.2, 0.25) is 0 Å². The first-order valence-corrected chi connectivity index (χ1v) is 9.86. The number of benzene rings is 1. The van der Waals surface area contributed by atoms with E-state index in [1.807, 2.05) is 26.2 Å². The Morgan fingerprint density at radius 3 is 2.81 bits per heavy atom. The Labute approximate surface area is 161 Å². The normalized spacial score (nSPS) is 12.9. The third-order valence-electron chi connectivity index (χ3n) is 4.08. The number of nitrogens with zero attached hydrogens (tertiary/aromatic N) is 2. The van der Waals surface area contributed by atoms with E-state index in [2.05, 4.69) is 56.4 Å². The van der Waals surface area contributed by atoms with Gasteiger partial charge in [-0.15, -0.1) is 0 Å². The van der Waals surface area contributed by atoms with Gasteiger partial charge in [-0.1, -0.05) is 19.1 Å². The summed E-state index contributed by atoms with van der Waals surface area (Å²) in [5.41, 5.74) is 2.53. The molecule has 0 aliphatic rings. The van der Waals surface area contributed by atoms with Crippen LogP contribution in [-0.2, 0) is 6.54 Å². The van der Waals surface area contributed by atoms with Crippen molar-refractivity contribution in [3.05, 3.63) is 52.2 Å². The molecule has 1 unspecified atom stereocenters. The summed E-state index contributed by atoms with van der Waals surface area (Å²) in [5.74, 6) is 2.17. The molecule has 26 heavy (non-hydrogen) atoms. The van der Waals surface area contributed by atoms with Gasteiger partial charge in [0.25, 0.3) is 0 Å². The van der Waals surface area contributed by atoms with Crippen LogP contribution < -0.4 is 15.4 Å². The van der Waals surface area contributed by atoms with Gasteiger partial charge in [0, 0.05) is 26.7 Å². The van der Waals surface area contributed by atoms with E-state index in [0.717, 1.165) is 24.8 Å². The van der Waals surface area contributed by atoms with Gasteiger partial charge in [-0.2, -0.15) is 11.3 Å². The summed E-state index contributed by atoms with van der Waals surface area (Å²) in [7, 11) is 5.88. The highest BCUT2D eigenvalue weighted by Gasteiger charge is 2.07. The maximum absolute atomic E-state index is 5.80. The van der Waals surface area contributed by atoms with Crippen LogP contribution in [0.3, 0.4) is 0 Å². The maximum Gasteiger partial charge on any atom is 0.191 e. The highest BCUT2D eigenvalue weighted by atomic mass is 32.1. The molecular formula is C20H30N4OS. The van der Waals surface area contributed by atoms with E-state index in [9.17, 15) is 0 Å². The Bertz CT molecular complexity index is 670. The van der Waals surface area contributed by atoms with E-state index in [0.29, 0.717) is 19.1 Å². The quantitative estimate of drug-likeness (QED) is 0.523. The second-order valence-corrected chi connectivity index (χ2v) is 7.34. The van der Waals surface area contributed by atoms with E-state index in [4.69, 9.17) is 4.74 Å². The lowest BCUT2D eigenvalue weighted by Gasteiger charge is -2.16. The second kappa shape index (κ2) is 10.8. The molecule has 0 aliphatic heterocycles. The maximum atomic E-state index is 5.80. The molecule has 0 fully saturated rings. The summed E-state index contributed by atoms with van der Waals surface area (Å²) in [6.07, 6.45) is 0. The Kier molecular flexibility index (Phi) is 8.44. The van der Waals surface area contributed by atoms with Gasteiger partial charge in [0.15, 0.2) is 5.96 Å². The van der Waals surface area contributed by atoms with Crippen molar-refractivity contribution in [1.82, 2.24) is 15.5 Å². The molecule has 0 amide bonds. The van der Waals surface area contributed by atoms with E-state index in [1.54, 1.807) is 18.4 Å². The lowest BCUT2D eigenvalue weighted by Crippen LogP contribution is -2.38. The number of thiophene rings is 1. The third-order valence-corrected chi connectivity index (χ3v) is 4.78. The molecule has 2 aromatic rings. The summed E-state index contributed by atoms with van der Waals surface area (Å²) >= 11 is 1.74. The molecule has 5 nitrogen and oxygen atoms in total. The zero-order valence-corrected chi connectivity index (χ0v) is 17.0. The molecule has 0 bridgehead atoms. The third kappa shape index (κ3) is 7.06. The zero-order chi connectivity index (χ0) is 18.8. The number of hydrogen-bond acceptors (Lipinski definition) is 4. The lowest BCUT2D eigenvalue weighted by molar-refractivity contribution is 0.261. The Hall–Kier alpha value is -2.05. The van der Waals surface area contributed by atoms with Crippen LogP contribution in [0, 0.1) is 0 Å². The van der Waals surface area contributed by atoms with Gasteiger partial charge < -0.3 is 20.3 Å². The van der Waals surface area contributed by atoms with E-state index >= 15 is 0 Å². The SMILES string of the molecule is CN=C(NCc1cccc(OCCN(C)C)c1)NCC(C)c1ccsc1. The average Bonchev–Trinajstić information content (AvgIpc) is 3.16. The molecule has 1 aromatic carbocycles. The highest BCUT2D eigenvalue weighted by molar-refractivity contribution is 7.07. The minimum atomic E-state index is 0.452. The fourth-order valence-corrected chi connectivity index (χ4v) is 3.20. The van der Waals surface area contributed by atoms with Crippen molar-refractivity contribution in [2.75, 3.05) is 40.8 Å². The molecule has 142 valence electrons. The van der Waals surface area contributed by atoms with Crippen LogP contribution in [0.5, 0.6) is 5.75 Å². The van der Waals surface area contributed by atoms with Crippen molar-refractivity contribution in [3.63, 3.8) is 0 Å². The fraction of sp³-hybridized carbons (Fsp3) is 0.450. The molecule has 0 saturated heterocycles.